The molecule has 0 saturated carbocycles. The van der Waals surface area contributed by atoms with Gasteiger partial charge in [0.25, 0.3) is 0 Å². The van der Waals surface area contributed by atoms with Crippen LogP contribution in [-0.4, -0.2) is 22.7 Å². The predicted octanol–water partition coefficient (Wildman–Crippen LogP) is 4.83. The Hall–Kier alpha value is -2.61. The van der Waals surface area contributed by atoms with E-state index >= 15 is 0 Å². The SMILES string of the molecule is CC.COC(=O)c1cc2snnc2c(F)c1Nc1ccc(C)cc1F. The molecule has 0 aliphatic heterocycles. The average Bonchev–Trinajstić information content (AvgIpc) is 3.09. The molecule has 5 nitrogen and oxygen atoms in total. The Labute approximate surface area is 147 Å². The predicted molar refractivity (Wildman–Crippen MR) is 94.5 cm³/mol. The van der Waals surface area contributed by atoms with E-state index in [1.165, 1.54) is 25.3 Å². The van der Waals surface area contributed by atoms with Crippen LogP contribution in [0.3, 0.4) is 0 Å². The second kappa shape index (κ2) is 7.98. The highest BCUT2D eigenvalue weighted by Gasteiger charge is 2.22. The van der Waals surface area contributed by atoms with Crippen LogP contribution in [0, 0.1) is 18.6 Å². The molecule has 3 rings (SSSR count). The van der Waals surface area contributed by atoms with Crippen LogP contribution in [0.2, 0.25) is 0 Å². The van der Waals surface area contributed by atoms with Crippen molar-refractivity contribution in [3.8, 4) is 0 Å². The molecule has 8 heteroatoms. The lowest BCUT2D eigenvalue weighted by atomic mass is 10.1. The fourth-order valence-electron chi connectivity index (χ4n) is 2.13. The molecular formula is C17H17F2N3O2S. The summed E-state index contributed by atoms with van der Waals surface area (Å²) < 4.78 is 37.4. The third-order valence-electron chi connectivity index (χ3n) is 3.28. The van der Waals surface area contributed by atoms with Gasteiger partial charge in [-0.2, -0.15) is 0 Å². The number of nitrogens with zero attached hydrogens (tertiary/aromatic N) is 2. The topological polar surface area (TPSA) is 64.1 Å². The molecular weight excluding hydrogens is 348 g/mol. The number of aryl methyl sites for hydroxylation is 1. The van der Waals surface area contributed by atoms with Crippen LogP contribution < -0.4 is 5.32 Å². The molecule has 3 aromatic rings. The van der Waals surface area contributed by atoms with E-state index in [0.717, 1.165) is 17.1 Å². The summed E-state index contributed by atoms with van der Waals surface area (Å²) in [6, 6.07) is 5.86. The number of anilines is 2. The van der Waals surface area contributed by atoms with E-state index in [1.807, 2.05) is 13.8 Å². The number of halogens is 2. The van der Waals surface area contributed by atoms with Crippen molar-refractivity contribution in [3.05, 3.63) is 47.0 Å². The minimum Gasteiger partial charge on any atom is -0.465 e. The normalized spacial score (nSPS) is 10.2. The molecule has 0 spiro atoms. The minimum absolute atomic E-state index is 0.0117. The zero-order valence-electron chi connectivity index (χ0n) is 14.2. The van der Waals surface area contributed by atoms with Crippen LogP contribution in [0.5, 0.6) is 0 Å². The number of fused-ring (bicyclic) bond motifs is 1. The number of carbonyl (C=O) groups is 1. The standard InChI is InChI=1S/C15H11F2N3O2S.C2H6/c1-7-3-4-10(9(16)5-7)18-13-8(15(21)22-2)6-11-14(12(13)17)19-20-23-11;1-2/h3-6,18H,1-2H3;1-2H3. The average molecular weight is 365 g/mol. The summed E-state index contributed by atoms with van der Waals surface area (Å²) in [5.41, 5.74) is 0.532. The first-order chi connectivity index (χ1) is 12.0. The summed E-state index contributed by atoms with van der Waals surface area (Å²) in [6.07, 6.45) is 0. The van der Waals surface area contributed by atoms with E-state index in [0.29, 0.717) is 4.70 Å². The van der Waals surface area contributed by atoms with Crippen LogP contribution in [0.15, 0.2) is 24.3 Å². The number of benzene rings is 2. The number of hydrogen-bond acceptors (Lipinski definition) is 6. The number of esters is 1. The number of aromatic nitrogens is 2. The molecule has 0 fully saturated rings. The number of nitrogens with one attached hydrogen (secondary N) is 1. The molecule has 0 unspecified atom stereocenters. The van der Waals surface area contributed by atoms with Crippen molar-refractivity contribution in [2.24, 2.45) is 0 Å². The lowest BCUT2D eigenvalue weighted by molar-refractivity contribution is 0.0601. The van der Waals surface area contributed by atoms with Gasteiger partial charge in [-0.05, 0) is 42.2 Å². The number of rotatable bonds is 3. The van der Waals surface area contributed by atoms with Crippen molar-refractivity contribution >= 4 is 39.1 Å². The van der Waals surface area contributed by atoms with Crippen molar-refractivity contribution in [3.63, 3.8) is 0 Å². The Morgan fingerprint density at radius 2 is 1.96 bits per heavy atom. The van der Waals surface area contributed by atoms with Crippen LogP contribution in [-0.2, 0) is 4.74 Å². The van der Waals surface area contributed by atoms with Crippen molar-refractivity contribution in [1.29, 1.82) is 0 Å². The number of methoxy groups -OCH3 is 1. The van der Waals surface area contributed by atoms with E-state index in [9.17, 15) is 13.6 Å². The zero-order valence-corrected chi connectivity index (χ0v) is 15.0. The number of hydrogen-bond donors (Lipinski definition) is 1. The minimum atomic E-state index is -0.781. The van der Waals surface area contributed by atoms with Gasteiger partial charge in [0.1, 0.15) is 11.3 Å². The number of ether oxygens (including phenoxy) is 1. The highest BCUT2D eigenvalue weighted by atomic mass is 32.1. The Balaban J connectivity index is 0.00000109. The molecule has 0 aliphatic rings. The van der Waals surface area contributed by atoms with Crippen LogP contribution in [0.1, 0.15) is 29.8 Å². The second-order valence-electron chi connectivity index (χ2n) is 4.83. The van der Waals surface area contributed by atoms with Crippen molar-refractivity contribution in [2.75, 3.05) is 12.4 Å². The lowest BCUT2D eigenvalue weighted by Crippen LogP contribution is -2.08. The fraction of sp³-hybridized carbons (Fsp3) is 0.235. The molecule has 0 aliphatic carbocycles. The van der Waals surface area contributed by atoms with Gasteiger partial charge in [-0.15, -0.1) is 5.10 Å². The van der Waals surface area contributed by atoms with Crippen LogP contribution in [0.4, 0.5) is 20.2 Å². The number of carbonyl (C=O) groups excluding carboxylic acids is 1. The van der Waals surface area contributed by atoms with E-state index in [-0.39, 0.29) is 22.5 Å². The summed E-state index contributed by atoms with van der Waals surface area (Å²) in [5.74, 6) is -2.08. The van der Waals surface area contributed by atoms with Gasteiger partial charge in [0.2, 0.25) is 0 Å². The second-order valence-corrected chi connectivity index (χ2v) is 5.62. The lowest BCUT2D eigenvalue weighted by Gasteiger charge is -2.13. The third kappa shape index (κ3) is 3.74. The Morgan fingerprint density at radius 3 is 2.60 bits per heavy atom. The highest BCUT2D eigenvalue weighted by Crippen LogP contribution is 2.32. The maximum atomic E-state index is 14.7. The molecule has 1 aromatic heterocycles. The first-order valence-corrected chi connectivity index (χ1v) is 8.34. The molecule has 0 saturated heterocycles. The van der Waals surface area contributed by atoms with Gasteiger partial charge in [0.15, 0.2) is 5.82 Å². The van der Waals surface area contributed by atoms with Gasteiger partial charge in [-0.25, -0.2) is 13.6 Å². The van der Waals surface area contributed by atoms with Crippen LogP contribution >= 0.6 is 11.5 Å². The molecule has 1 heterocycles. The maximum Gasteiger partial charge on any atom is 0.340 e. The van der Waals surface area contributed by atoms with Gasteiger partial charge in [-0.1, -0.05) is 24.4 Å². The van der Waals surface area contributed by atoms with E-state index in [4.69, 9.17) is 0 Å². The molecule has 0 atom stereocenters. The fourth-order valence-corrected chi connectivity index (χ4v) is 2.73. The monoisotopic (exact) mass is 365 g/mol. The Bertz CT molecular complexity index is 912. The summed E-state index contributed by atoms with van der Waals surface area (Å²) in [4.78, 5) is 11.9. The summed E-state index contributed by atoms with van der Waals surface area (Å²) >= 11 is 0.953. The smallest absolute Gasteiger partial charge is 0.340 e. The van der Waals surface area contributed by atoms with E-state index < -0.39 is 17.6 Å². The first-order valence-electron chi connectivity index (χ1n) is 7.57. The first kappa shape index (κ1) is 18.7. The molecule has 0 radical (unpaired) electrons. The molecule has 1 N–H and O–H groups in total. The Kier molecular flexibility index (Phi) is 5.97. The zero-order chi connectivity index (χ0) is 18.6. The van der Waals surface area contributed by atoms with Gasteiger partial charge in [0.05, 0.1) is 28.7 Å². The van der Waals surface area contributed by atoms with Crippen molar-refractivity contribution in [1.82, 2.24) is 9.59 Å². The van der Waals surface area contributed by atoms with E-state index in [2.05, 4.69) is 19.6 Å². The summed E-state index contributed by atoms with van der Waals surface area (Å²) in [5, 5.41) is 6.31. The Morgan fingerprint density at radius 1 is 1.24 bits per heavy atom. The third-order valence-corrected chi connectivity index (χ3v) is 3.95. The van der Waals surface area contributed by atoms with Gasteiger partial charge < -0.3 is 10.1 Å². The highest BCUT2D eigenvalue weighted by molar-refractivity contribution is 7.13. The maximum absolute atomic E-state index is 14.7. The molecule has 25 heavy (non-hydrogen) atoms. The summed E-state index contributed by atoms with van der Waals surface area (Å²) in [7, 11) is 1.19. The van der Waals surface area contributed by atoms with Gasteiger partial charge in [0, 0.05) is 0 Å². The molecule has 0 bridgehead atoms. The molecule has 2 aromatic carbocycles. The van der Waals surface area contributed by atoms with E-state index in [1.54, 1.807) is 13.0 Å². The van der Waals surface area contributed by atoms with Crippen LogP contribution in [0.25, 0.3) is 10.2 Å². The quantitative estimate of drug-likeness (QED) is 0.673. The molecule has 0 amide bonds. The largest absolute Gasteiger partial charge is 0.465 e. The van der Waals surface area contributed by atoms with Crippen molar-refractivity contribution < 1.29 is 18.3 Å². The van der Waals surface area contributed by atoms with Gasteiger partial charge in [-0.3, -0.25) is 0 Å². The van der Waals surface area contributed by atoms with Gasteiger partial charge >= 0.3 is 5.97 Å². The van der Waals surface area contributed by atoms with Crippen molar-refractivity contribution in [2.45, 2.75) is 20.8 Å². The molecule has 132 valence electrons. The summed E-state index contributed by atoms with van der Waals surface area (Å²) in [6.45, 7) is 5.74.